The number of methoxy groups -OCH3 is 2. The third kappa shape index (κ3) is 13.1. The highest BCUT2D eigenvalue weighted by molar-refractivity contribution is 5.83. The molecule has 18 nitrogen and oxygen atoms in total. The number of likely N-dealkylation sites (N-methyl/N-ethyl adjacent to an activating group) is 2. The molecule has 0 saturated carbocycles. The van der Waals surface area contributed by atoms with E-state index in [1.165, 1.54) is 21.1 Å². The molecule has 18 atom stereocenters. The highest BCUT2D eigenvalue weighted by atomic mass is 16.9. The second kappa shape index (κ2) is 23.0. The molecule has 362 valence electrons. The molecule has 3 saturated heterocycles. The summed E-state index contributed by atoms with van der Waals surface area (Å²) in [4.78, 5) is 45.4. The van der Waals surface area contributed by atoms with Crippen LogP contribution in [0.25, 0.3) is 0 Å². The Kier molecular flexibility index (Phi) is 20.2. The van der Waals surface area contributed by atoms with E-state index in [9.17, 15) is 29.7 Å². The zero-order valence-electron chi connectivity index (χ0n) is 40.2. The van der Waals surface area contributed by atoms with Crippen molar-refractivity contribution in [3.8, 4) is 0 Å². The van der Waals surface area contributed by atoms with Crippen molar-refractivity contribution >= 4 is 17.7 Å². The van der Waals surface area contributed by atoms with Gasteiger partial charge in [0.1, 0.15) is 29.7 Å². The van der Waals surface area contributed by atoms with E-state index < -0.39 is 102 Å². The smallest absolute Gasteiger partial charge is 0.311 e. The van der Waals surface area contributed by atoms with E-state index in [0.29, 0.717) is 19.5 Å². The predicted octanol–water partition coefficient (Wildman–Crippen LogP) is 2.07. The van der Waals surface area contributed by atoms with Gasteiger partial charge >= 0.3 is 5.97 Å². The first-order chi connectivity index (χ1) is 28.8. The summed E-state index contributed by atoms with van der Waals surface area (Å²) in [5, 5.41) is 37.2. The van der Waals surface area contributed by atoms with Gasteiger partial charge < -0.3 is 68.3 Å². The van der Waals surface area contributed by atoms with Gasteiger partial charge in [0, 0.05) is 57.5 Å². The van der Waals surface area contributed by atoms with Crippen LogP contribution in [0.5, 0.6) is 0 Å². The first kappa shape index (κ1) is 54.4. The zero-order valence-corrected chi connectivity index (χ0v) is 40.2. The van der Waals surface area contributed by atoms with Crippen molar-refractivity contribution < 1.29 is 72.3 Å². The third-order valence-electron chi connectivity index (χ3n) is 13.3. The van der Waals surface area contributed by atoms with E-state index >= 15 is 0 Å². The second-order valence-electron chi connectivity index (χ2n) is 18.9. The number of nitrogens with one attached hydrogen (secondary N) is 1. The van der Waals surface area contributed by atoms with Gasteiger partial charge in [-0.2, -0.15) is 0 Å². The van der Waals surface area contributed by atoms with Gasteiger partial charge in [-0.1, -0.05) is 27.7 Å². The number of aliphatic hydroxyl groups is 3. The molecule has 1 amide bonds. The number of ketones is 1. The van der Waals surface area contributed by atoms with E-state index in [0.717, 1.165) is 0 Å². The van der Waals surface area contributed by atoms with Crippen LogP contribution in [-0.4, -0.2) is 190 Å². The average Bonchev–Trinajstić information content (AvgIpc) is 3.21. The van der Waals surface area contributed by atoms with Gasteiger partial charge in [0.2, 0.25) is 5.91 Å². The van der Waals surface area contributed by atoms with Crippen LogP contribution in [-0.2, 0) is 57.0 Å². The normalized spacial score (nSPS) is 43.0. The second-order valence-corrected chi connectivity index (χ2v) is 18.9. The van der Waals surface area contributed by atoms with Gasteiger partial charge in [-0.3, -0.25) is 19.1 Å². The number of hydrogen-bond donors (Lipinski definition) is 4. The summed E-state index contributed by atoms with van der Waals surface area (Å²) in [6, 6.07) is -0.214. The molecule has 3 aliphatic rings. The predicted molar refractivity (Wildman–Crippen MR) is 227 cm³/mol. The molecular formula is C44H81N3O15. The van der Waals surface area contributed by atoms with E-state index in [1.807, 2.05) is 51.8 Å². The molecule has 0 spiro atoms. The maximum absolute atomic E-state index is 14.4. The standard InChI is InChI=1S/C44H81N3O15/c1-17-31-43(9,53)36(50)26(4)33(49)24(2)23-42(8,54-15)38(27(5)34(28(6)39(52)59-31)60-41-58-29(7)37(51)44(10,55-16)62-41)61-40-35(30(47(13)14)22-25(3)57-40)56-21-18-32(48)45-19-20-46(11)12/h24-31,34-38,40-41,50-51,53H,17-23H2,1-16H3,(H,45,48)/t24-,25-,26+,27+,28-,29+,30+,31-,34+,35-,36-,37-,38-,40+,41+,42+,43-,44-/m1/s1. The molecule has 3 heterocycles. The minimum atomic E-state index is -2.01. The average molecular weight is 892 g/mol. The summed E-state index contributed by atoms with van der Waals surface area (Å²) < 4.78 is 56.9. The molecule has 0 radical (unpaired) electrons. The van der Waals surface area contributed by atoms with E-state index in [1.54, 1.807) is 48.5 Å². The summed E-state index contributed by atoms with van der Waals surface area (Å²) in [5.41, 5.74) is -3.33. The molecule has 0 unspecified atom stereocenters. The Morgan fingerprint density at radius 1 is 0.903 bits per heavy atom. The Hall–Kier alpha value is -1.91. The number of hydrogen-bond acceptors (Lipinski definition) is 17. The Morgan fingerprint density at radius 2 is 1.55 bits per heavy atom. The topological polar surface area (TPSA) is 213 Å². The first-order valence-electron chi connectivity index (χ1n) is 22.2. The number of esters is 1. The number of nitrogens with zero attached hydrogens (tertiary/aromatic N) is 2. The van der Waals surface area contributed by atoms with Crippen molar-refractivity contribution in [1.29, 1.82) is 0 Å². The monoisotopic (exact) mass is 892 g/mol. The number of rotatable bonds is 15. The summed E-state index contributed by atoms with van der Waals surface area (Å²) in [6.07, 6.45) is -8.20. The van der Waals surface area contributed by atoms with Gasteiger partial charge in [-0.25, -0.2) is 0 Å². The van der Waals surface area contributed by atoms with Crippen LogP contribution < -0.4 is 5.32 Å². The molecule has 62 heavy (non-hydrogen) atoms. The van der Waals surface area contributed by atoms with Gasteiger partial charge in [-0.05, 0) is 89.0 Å². The summed E-state index contributed by atoms with van der Waals surface area (Å²) in [7, 11) is 10.6. The maximum Gasteiger partial charge on any atom is 0.311 e. The number of Topliss-reactive ketones (excluding diaryl/α,β-unsaturated/α-hetero) is 1. The van der Waals surface area contributed by atoms with Crippen LogP contribution in [0.15, 0.2) is 0 Å². The van der Waals surface area contributed by atoms with Crippen molar-refractivity contribution in [2.24, 2.45) is 23.7 Å². The molecule has 4 N–H and O–H groups in total. The number of carbonyl (C=O) groups is 3. The third-order valence-corrected chi connectivity index (χ3v) is 13.3. The first-order valence-corrected chi connectivity index (χ1v) is 22.2. The Labute approximate surface area is 369 Å². The minimum absolute atomic E-state index is 0.0682. The van der Waals surface area contributed by atoms with Crippen molar-refractivity contribution in [3.05, 3.63) is 0 Å². The van der Waals surface area contributed by atoms with Crippen LogP contribution >= 0.6 is 0 Å². The summed E-state index contributed by atoms with van der Waals surface area (Å²) in [6.45, 7) is 16.5. The van der Waals surface area contributed by atoms with Crippen LogP contribution in [0.3, 0.4) is 0 Å². The van der Waals surface area contributed by atoms with Crippen LogP contribution in [0, 0.1) is 23.7 Å². The highest BCUT2D eigenvalue weighted by Crippen LogP contribution is 2.41. The molecule has 0 bridgehead atoms. The SMILES string of the molecule is CC[C@H]1OC(=O)[C@H](C)[C@@H](O[C@@H]2O[C@@H](C)[C@@H](O)[C@](C)(OC)O2)[C@H](C)[C@@H](O[C@@H]2O[C@H](C)C[C@H](N(C)C)[C@H]2OCCC(=O)NCCN(C)C)[C@@](C)(OC)C[C@@H](C)C(=O)[C@H](C)[C@@H](O)[C@]1(C)O. The molecule has 3 rings (SSSR count). The molecule has 0 aromatic heterocycles. The fourth-order valence-electron chi connectivity index (χ4n) is 9.10. The molecule has 3 aliphatic heterocycles. The Balaban J connectivity index is 2.20. The number of aliphatic hydroxyl groups excluding tert-OH is 2. The lowest BCUT2D eigenvalue weighted by atomic mass is 9.74. The molecule has 0 aliphatic carbocycles. The van der Waals surface area contributed by atoms with E-state index in [-0.39, 0.29) is 49.7 Å². The number of ether oxygens (including phenoxy) is 9. The lowest BCUT2D eigenvalue weighted by molar-refractivity contribution is -0.454. The van der Waals surface area contributed by atoms with Crippen LogP contribution in [0.4, 0.5) is 0 Å². The summed E-state index contributed by atoms with van der Waals surface area (Å²) >= 11 is 0. The van der Waals surface area contributed by atoms with Crippen LogP contribution in [0.2, 0.25) is 0 Å². The molecule has 0 aromatic carbocycles. The van der Waals surface area contributed by atoms with Crippen molar-refractivity contribution in [3.63, 3.8) is 0 Å². The zero-order chi connectivity index (χ0) is 47.1. The van der Waals surface area contributed by atoms with Crippen LogP contribution in [0.1, 0.15) is 94.9 Å². The lowest BCUT2D eigenvalue weighted by Crippen LogP contribution is -2.62. The summed E-state index contributed by atoms with van der Waals surface area (Å²) in [5.74, 6) is -6.56. The highest BCUT2D eigenvalue weighted by Gasteiger charge is 2.54. The quantitative estimate of drug-likeness (QED) is 0.173. The fourth-order valence-corrected chi connectivity index (χ4v) is 9.10. The molecule has 3 fully saturated rings. The maximum atomic E-state index is 14.4. The number of amides is 1. The molecule has 0 aromatic rings. The minimum Gasteiger partial charge on any atom is -0.459 e. The number of carbonyl (C=O) groups excluding carboxylic acids is 3. The van der Waals surface area contributed by atoms with Gasteiger partial charge in [0.25, 0.3) is 6.48 Å². The van der Waals surface area contributed by atoms with Crippen molar-refractivity contribution in [2.45, 2.75) is 180 Å². The Bertz CT molecular complexity index is 1440. The largest absolute Gasteiger partial charge is 0.459 e. The van der Waals surface area contributed by atoms with Gasteiger partial charge in [0.15, 0.2) is 12.1 Å². The lowest BCUT2D eigenvalue weighted by Gasteiger charge is -2.50. The van der Waals surface area contributed by atoms with Gasteiger partial charge in [0.05, 0.1) is 48.6 Å². The number of cyclic esters (lactones) is 1. The van der Waals surface area contributed by atoms with Crippen molar-refractivity contribution in [1.82, 2.24) is 15.1 Å². The Morgan fingerprint density at radius 3 is 2.11 bits per heavy atom. The van der Waals surface area contributed by atoms with E-state index in [2.05, 4.69) is 5.32 Å². The molecule has 18 heteroatoms. The molecular weight excluding hydrogens is 810 g/mol. The van der Waals surface area contributed by atoms with E-state index in [4.69, 9.17) is 42.6 Å². The van der Waals surface area contributed by atoms with Gasteiger partial charge in [-0.15, -0.1) is 0 Å². The fraction of sp³-hybridized carbons (Fsp3) is 0.932. The van der Waals surface area contributed by atoms with Crippen molar-refractivity contribution in [2.75, 3.05) is 62.1 Å².